The Bertz CT molecular complexity index is 2840. The molecule has 266 valence electrons. The van der Waals surface area contributed by atoms with Gasteiger partial charge in [0.1, 0.15) is 0 Å². The molecule has 0 spiro atoms. The number of allylic oxidation sites excluding steroid dienone is 3. The lowest BCUT2D eigenvalue weighted by Crippen LogP contribution is -2.11. The van der Waals surface area contributed by atoms with Crippen LogP contribution in [0.3, 0.4) is 0 Å². The lowest BCUT2D eigenvalue weighted by Gasteiger charge is -2.29. The minimum atomic E-state index is 1.09. The van der Waals surface area contributed by atoms with Crippen molar-refractivity contribution < 1.29 is 0 Å². The fraction of sp³-hybridized carbons (Fsp3) is 0.0182. The molecule has 0 saturated heterocycles. The largest absolute Gasteiger partial charge is 0.310 e. The van der Waals surface area contributed by atoms with Crippen molar-refractivity contribution in [1.82, 2.24) is 0 Å². The van der Waals surface area contributed by atoms with Gasteiger partial charge in [0, 0.05) is 16.8 Å². The Morgan fingerprint density at radius 2 is 0.946 bits per heavy atom. The Morgan fingerprint density at radius 3 is 1.66 bits per heavy atom. The van der Waals surface area contributed by atoms with Gasteiger partial charge in [0.25, 0.3) is 0 Å². The van der Waals surface area contributed by atoms with Crippen LogP contribution in [0.5, 0.6) is 0 Å². The second-order valence-corrected chi connectivity index (χ2v) is 14.2. The topological polar surface area (TPSA) is 3.24 Å². The zero-order valence-corrected chi connectivity index (χ0v) is 31.4. The second-order valence-electron chi connectivity index (χ2n) is 14.2. The summed E-state index contributed by atoms with van der Waals surface area (Å²) in [6, 6.07) is 76.6. The number of hydrogen-bond acceptors (Lipinski definition) is 1. The van der Waals surface area contributed by atoms with Gasteiger partial charge in [-0.05, 0) is 103 Å². The monoisotopic (exact) mass is 715 g/mol. The van der Waals surface area contributed by atoms with Gasteiger partial charge in [-0.15, -0.1) is 0 Å². The summed E-state index contributed by atoms with van der Waals surface area (Å²) in [7, 11) is 0. The van der Waals surface area contributed by atoms with Gasteiger partial charge in [0.15, 0.2) is 0 Å². The quantitative estimate of drug-likeness (QED) is 0.135. The third-order valence-electron chi connectivity index (χ3n) is 10.6. The van der Waals surface area contributed by atoms with Gasteiger partial charge in [-0.1, -0.05) is 200 Å². The van der Waals surface area contributed by atoms with E-state index in [-0.39, 0.29) is 0 Å². The maximum Gasteiger partial charge on any atom is 0.0540 e. The number of hydrogen-bond donors (Lipinski definition) is 0. The highest BCUT2D eigenvalue weighted by atomic mass is 15.1. The van der Waals surface area contributed by atoms with Crippen molar-refractivity contribution in [2.24, 2.45) is 0 Å². The molecule has 0 radical (unpaired) electrons. The highest BCUT2D eigenvalue weighted by Gasteiger charge is 2.20. The molecule has 1 nitrogen and oxygen atoms in total. The van der Waals surface area contributed by atoms with E-state index < -0.39 is 0 Å². The van der Waals surface area contributed by atoms with Crippen molar-refractivity contribution in [3.63, 3.8) is 0 Å². The van der Waals surface area contributed by atoms with E-state index in [1.54, 1.807) is 0 Å². The molecule has 0 bridgehead atoms. The fourth-order valence-electron chi connectivity index (χ4n) is 7.88. The summed E-state index contributed by atoms with van der Waals surface area (Å²) in [5.74, 6) is 0. The van der Waals surface area contributed by atoms with Crippen molar-refractivity contribution in [1.29, 1.82) is 0 Å². The average molecular weight is 716 g/mol. The first-order valence-electron chi connectivity index (χ1n) is 19.3. The van der Waals surface area contributed by atoms with Crippen LogP contribution in [-0.2, 0) is 0 Å². The fourth-order valence-corrected chi connectivity index (χ4v) is 7.88. The predicted molar refractivity (Wildman–Crippen MR) is 242 cm³/mol. The predicted octanol–water partition coefficient (Wildman–Crippen LogP) is 15.6. The summed E-state index contributed by atoms with van der Waals surface area (Å²) in [6.45, 7) is 2.21. The molecule has 9 aromatic rings. The van der Waals surface area contributed by atoms with Crippen molar-refractivity contribution in [2.45, 2.75) is 6.92 Å². The van der Waals surface area contributed by atoms with E-state index in [0.717, 1.165) is 17.1 Å². The Morgan fingerprint density at radius 1 is 0.411 bits per heavy atom. The van der Waals surface area contributed by atoms with Crippen molar-refractivity contribution >= 4 is 50.3 Å². The summed E-state index contributed by atoms with van der Waals surface area (Å²) in [5, 5.41) is 4.88. The summed E-state index contributed by atoms with van der Waals surface area (Å²) in [4.78, 5) is 2.44. The normalized spacial score (nSPS) is 11.7. The van der Waals surface area contributed by atoms with E-state index in [4.69, 9.17) is 0 Å². The van der Waals surface area contributed by atoms with Gasteiger partial charge >= 0.3 is 0 Å². The van der Waals surface area contributed by atoms with Gasteiger partial charge in [0.2, 0.25) is 0 Å². The average Bonchev–Trinajstić information content (AvgIpc) is 3.27. The standard InChI is InChI=1S/C55H41N/c1-40(18-15-21-41-19-5-2-6-20-41)48-36-34-46(38-53(48)44-22-7-3-8-23-44)56(55-33-17-29-43-27-12-14-31-50(43)55)47-35-37-52(54(39-47)45-24-9-4-10-25-45)51-32-16-28-42-26-11-13-30-49(42)51/h2-39H,1H3/b21-15-,40-18+. The molecule has 0 aromatic heterocycles. The van der Waals surface area contributed by atoms with E-state index in [9.17, 15) is 0 Å². The van der Waals surface area contributed by atoms with E-state index in [2.05, 4.69) is 242 Å². The Balaban J connectivity index is 1.26. The molecular formula is C55H41N. The molecule has 0 heterocycles. The lowest BCUT2D eigenvalue weighted by molar-refractivity contribution is 1.29. The summed E-state index contributed by atoms with van der Waals surface area (Å²) < 4.78 is 0. The van der Waals surface area contributed by atoms with Crippen LogP contribution in [-0.4, -0.2) is 0 Å². The van der Waals surface area contributed by atoms with Gasteiger partial charge in [-0.3, -0.25) is 0 Å². The molecule has 0 saturated carbocycles. The molecule has 9 rings (SSSR count). The molecule has 9 aromatic carbocycles. The first-order chi connectivity index (χ1) is 27.7. The number of nitrogens with zero attached hydrogens (tertiary/aromatic N) is 1. The molecule has 0 aliphatic heterocycles. The van der Waals surface area contributed by atoms with Crippen molar-refractivity contribution in [3.8, 4) is 33.4 Å². The molecule has 56 heavy (non-hydrogen) atoms. The second kappa shape index (κ2) is 15.6. The number of fused-ring (bicyclic) bond motifs is 2. The van der Waals surface area contributed by atoms with Crippen molar-refractivity contribution in [3.05, 3.63) is 236 Å². The Kier molecular flexibility index (Phi) is 9.64. The molecule has 0 fully saturated rings. The molecule has 0 atom stereocenters. The first-order valence-corrected chi connectivity index (χ1v) is 19.3. The van der Waals surface area contributed by atoms with Gasteiger partial charge < -0.3 is 4.90 Å². The Hall–Kier alpha value is -7.22. The maximum absolute atomic E-state index is 2.44. The zero-order chi connectivity index (χ0) is 37.7. The molecule has 0 unspecified atom stereocenters. The van der Waals surface area contributed by atoms with Crippen LogP contribution in [0.1, 0.15) is 18.1 Å². The van der Waals surface area contributed by atoms with E-state index in [1.807, 2.05) is 0 Å². The molecule has 1 heteroatoms. The van der Waals surface area contributed by atoms with Crippen LogP contribution in [0.4, 0.5) is 17.1 Å². The smallest absolute Gasteiger partial charge is 0.0540 e. The third kappa shape index (κ3) is 6.95. The number of rotatable bonds is 9. The zero-order valence-electron chi connectivity index (χ0n) is 31.4. The van der Waals surface area contributed by atoms with Crippen LogP contribution in [0.15, 0.2) is 224 Å². The first kappa shape index (κ1) is 34.5. The van der Waals surface area contributed by atoms with Crippen LogP contribution in [0.25, 0.3) is 66.6 Å². The van der Waals surface area contributed by atoms with Crippen molar-refractivity contribution in [2.75, 3.05) is 4.90 Å². The minimum Gasteiger partial charge on any atom is -0.310 e. The van der Waals surface area contributed by atoms with Gasteiger partial charge in [0.05, 0.1) is 5.69 Å². The van der Waals surface area contributed by atoms with E-state index in [0.29, 0.717) is 0 Å². The molecule has 0 amide bonds. The van der Waals surface area contributed by atoms with Crippen LogP contribution in [0, 0.1) is 0 Å². The third-order valence-corrected chi connectivity index (χ3v) is 10.6. The van der Waals surface area contributed by atoms with Gasteiger partial charge in [-0.25, -0.2) is 0 Å². The van der Waals surface area contributed by atoms with Crippen LogP contribution in [0.2, 0.25) is 0 Å². The molecule has 0 N–H and O–H groups in total. The highest BCUT2D eigenvalue weighted by molar-refractivity contribution is 6.03. The number of anilines is 3. The molecule has 0 aliphatic rings. The summed E-state index contributed by atoms with van der Waals surface area (Å²) >= 11 is 0. The number of benzene rings is 9. The van der Waals surface area contributed by atoms with E-state index >= 15 is 0 Å². The maximum atomic E-state index is 2.44. The van der Waals surface area contributed by atoms with Gasteiger partial charge in [-0.2, -0.15) is 0 Å². The molecular weight excluding hydrogens is 675 g/mol. The van der Waals surface area contributed by atoms with Crippen LogP contribution >= 0.6 is 0 Å². The van der Waals surface area contributed by atoms with Crippen LogP contribution < -0.4 is 4.90 Å². The lowest BCUT2D eigenvalue weighted by atomic mass is 9.90. The summed E-state index contributed by atoms with van der Waals surface area (Å²) in [5.41, 5.74) is 14.1. The highest BCUT2D eigenvalue weighted by Crippen LogP contribution is 2.45. The minimum absolute atomic E-state index is 1.09. The SMILES string of the molecule is C/C(=C\C=C/c1ccccc1)c1ccc(N(c2ccc(-c3cccc4ccccc34)c(-c3ccccc3)c2)c2cccc3ccccc23)cc1-c1ccccc1. The van der Waals surface area contributed by atoms with E-state index in [1.165, 1.54) is 71.6 Å². The molecule has 0 aliphatic carbocycles. The Labute approximate surface area is 329 Å². The summed E-state index contributed by atoms with van der Waals surface area (Å²) in [6.07, 6.45) is 6.53.